The van der Waals surface area contributed by atoms with Gasteiger partial charge in [-0.1, -0.05) is 12.1 Å². The number of sulfone groups is 1. The first kappa shape index (κ1) is 13.6. The third-order valence-corrected chi connectivity index (χ3v) is 4.78. The SMILES string of the molecule is CS(=O)(=O)c1ccc(Cn2c(Cl)nnc2C2CC2)cc1. The highest BCUT2D eigenvalue weighted by Gasteiger charge is 2.30. The summed E-state index contributed by atoms with van der Waals surface area (Å²) < 4.78 is 24.7. The minimum absolute atomic E-state index is 0.318. The van der Waals surface area contributed by atoms with Crippen LogP contribution in [-0.2, 0) is 16.4 Å². The molecule has 0 amide bonds. The van der Waals surface area contributed by atoms with Crippen molar-refractivity contribution < 1.29 is 8.42 Å². The molecule has 20 heavy (non-hydrogen) atoms. The van der Waals surface area contributed by atoms with E-state index in [-0.39, 0.29) is 0 Å². The lowest BCUT2D eigenvalue weighted by Crippen LogP contribution is -2.05. The number of halogens is 1. The highest BCUT2D eigenvalue weighted by atomic mass is 35.5. The molecule has 0 unspecified atom stereocenters. The second-order valence-electron chi connectivity index (χ2n) is 5.10. The minimum Gasteiger partial charge on any atom is -0.297 e. The molecule has 3 rings (SSSR count). The highest BCUT2D eigenvalue weighted by molar-refractivity contribution is 7.90. The van der Waals surface area contributed by atoms with Crippen LogP contribution in [0.15, 0.2) is 29.2 Å². The Bertz CT molecular complexity index is 733. The first-order valence-corrected chi connectivity index (χ1v) is 8.59. The molecule has 0 spiro atoms. The van der Waals surface area contributed by atoms with E-state index in [4.69, 9.17) is 11.6 Å². The van der Waals surface area contributed by atoms with Crippen molar-refractivity contribution in [3.8, 4) is 0 Å². The lowest BCUT2D eigenvalue weighted by atomic mass is 10.2. The number of nitrogens with zero attached hydrogens (tertiary/aromatic N) is 3. The van der Waals surface area contributed by atoms with Gasteiger partial charge in [0, 0.05) is 12.2 Å². The van der Waals surface area contributed by atoms with Crippen molar-refractivity contribution in [3.63, 3.8) is 0 Å². The number of rotatable bonds is 4. The summed E-state index contributed by atoms with van der Waals surface area (Å²) in [5.74, 6) is 1.38. The average Bonchev–Trinajstić information content (AvgIpc) is 3.16. The predicted octanol–water partition coefficient (Wildman–Crippen LogP) is 2.26. The normalized spacial score (nSPS) is 15.5. The molecule has 1 aliphatic rings. The Labute approximate surface area is 122 Å². The Morgan fingerprint density at radius 2 is 1.90 bits per heavy atom. The van der Waals surface area contributed by atoms with Crippen molar-refractivity contribution in [1.82, 2.24) is 14.8 Å². The number of benzene rings is 1. The molecule has 0 N–H and O–H groups in total. The third-order valence-electron chi connectivity index (χ3n) is 3.37. The Hall–Kier alpha value is -1.40. The summed E-state index contributed by atoms with van der Waals surface area (Å²) in [5.41, 5.74) is 0.973. The van der Waals surface area contributed by atoms with E-state index in [0.717, 1.165) is 24.2 Å². The molecule has 0 bridgehead atoms. The van der Waals surface area contributed by atoms with Crippen LogP contribution in [0.2, 0.25) is 5.28 Å². The second kappa shape index (κ2) is 4.86. The van der Waals surface area contributed by atoms with Gasteiger partial charge in [-0.2, -0.15) is 0 Å². The van der Waals surface area contributed by atoms with Crippen molar-refractivity contribution in [3.05, 3.63) is 40.9 Å². The molecule has 1 heterocycles. The highest BCUT2D eigenvalue weighted by Crippen LogP contribution is 2.39. The van der Waals surface area contributed by atoms with Gasteiger partial charge >= 0.3 is 0 Å². The maximum Gasteiger partial charge on any atom is 0.225 e. The van der Waals surface area contributed by atoms with E-state index in [2.05, 4.69) is 10.2 Å². The van der Waals surface area contributed by atoms with Crippen molar-refractivity contribution in [1.29, 1.82) is 0 Å². The van der Waals surface area contributed by atoms with E-state index in [9.17, 15) is 8.42 Å². The van der Waals surface area contributed by atoms with Gasteiger partial charge in [-0.3, -0.25) is 4.57 Å². The molecule has 1 aliphatic carbocycles. The molecular formula is C13H14ClN3O2S. The quantitative estimate of drug-likeness (QED) is 0.868. The summed E-state index contributed by atoms with van der Waals surface area (Å²) in [6.07, 6.45) is 3.45. The van der Waals surface area contributed by atoms with Crippen molar-refractivity contribution in [2.75, 3.05) is 6.26 Å². The zero-order chi connectivity index (χ0) is 14.3. The van der Waals surface area contributed by atoms with E-state index in [1.165, 1.54) is 6.26 Å². The summed E-state index contributed by atoms with van der Waals surface area (Å²) in [5, 5.41) is 8.40. The van der Waals surface area contributed by atoms with Crippen LogP contribution in [0.4, 0.5) is 0 Å². The Kier molecular flexibility index (Phi) is 3.30. The van der Waals surface area contributed by atoms with Crippen LogP contribution in [0.3, 0.4) is 0 Å². The van der Waals surface area contributed by atoms with E-state index in [1.54, 1.807) is 24.3 Å². The van der Waals surface area contributed by atoms with Gasteiger partial charge in [-0.25, -0.2) is 8.42 Å². The summed E-state index contributed by atoms with van der Waals surface area (Å²) in [6.45, 7) is 0.557. The molecule has 1 saturated carbocycles. The fourth-order valence-electron chi connectivity index (χ4n) is 2.11. The molecule has 7 heteroatoms. The molecule has 0 radical (unpaired) electrons. The molecule has 0 saturated heterocycles. The van der Waals surface area contributed by atoms with Crippen molar-refractivity contribution >= 4 is 21.4 Å². The Balaban J connectivity index is 1.86. The van der Waals surface area contributed by atoms with Gasteiger partial charge < -0.3 is 0 Å². The Morgan fingerprint density at radius 1 is 1.25 bits per heavy atom. The standard InChI is InChI=1S/C13H14ClN3O2S/c1-20(18,19)11-6-2-9(3-7-11)8-17-12(10-4-5-10)15-16-13(17)14/h2-3,6-7,10H,4-5,8H2,1H3. The van der Waals surface area contributed by atoms with E-state index in [1.807, 2.05) is 4.57 Å². The zero-order valence-electron chi connectivity index (χ0n) is 11.0. The molecule has 5 nitrogen and oxygen atoms in total. The van der Waals surface area contributed by atoms with Crippen LogP contribution >= 0.6 is 11.6 Å². The van der Waals surface area contributed by atoms with E-state index in [0.29, 0.717) is 22.6 Å². The molecule has 1 aromatic heterocycles. The van der Waals surface area contributed by atoms with Crippen LogP contribution in [0.25, 0.3) is 0 Å². The summed E-state index contributed by atoms with van der Waals surface area (Å²) in [6, 6.07) is 6.81. The smallest absolute Gasteiger partial charge is 0.225 e. The number of hydrogen-bond acceptors (Lipinski definition) is 4. The summed E-state index contributed by atoms with van der Waals surface area (Å²) >= 11 is 6.06. The van der Waals surface area contributed by atoms with Crippen LogP contribution in [0.5, 0.6) is 0 Å². The van der Waals surface area contributed by atoms with Gasteiger partial charge in [0.1, 0.15) is 5.82 Å². The monoisotopic (exact) mass is 311 g/mol. The Morgan fingerprint density at radius 3 is 2.45 bits per heavy atom. The topological polar surface area (TPSA) is 64.8 Å². The summed E-state index contributed by atoms with van der Waals surface area (Å²) in [7, 11) is -3.16. The first-order valence-electron chi connectivity index (χ1n) is 6.33. The average molecular weight is 312 g/mol. The van der Waals surface area contributed by atoms with E-state index >= 15 is 0 Å². The lowest BCUT2D eigenvalue weighted by Gasteiger charge is -2.08. The molecule has 2 aromatic rings. The van der Waals surface area contributed by atoms with Crippen molar-refractivity contribution in [2.45, 2.75) is 30.2 Å². The van der Waals surface area contributed by atoms with E-state index < -0.39 is 9.84 Å². The van der Waals surface area contributed by atoms with Gasteiger partial charge in [0.2, 0.25) is 5.28 Å². The maximum absolute atomic E-state index is 11.4. The molecule has 106 valence electrons. The first-order chi connectivity index (χ1) is 9.45. The van der Waals surface area contributed by atoms with Gasteiger partial charge in [-0.05, 0) is 42.1 Å². The lowest BCUT2D eigenvalue weighted by molar-refractivity contribution is 0.602. The predicted molar refractivity (Wildman–Crippen MR) is 75.7 cm³/mol. The second-order valence-corrected chi connectivity index (χ2v) is 7.46. The molecule has 1 aromatic carbocycles. The van der Waals surface area contributed by atoms with Crippen molar-refractivity contribution in [2.24, 2.45) is 0 Å². The van der Waals surface area contributed by atoms with Crippen LogP contribution in [0, 0.1) is 0 Å². The maximum atomic E-state index is 11.4. The van der Waals surface area contributed by atoms with Gasteiger partial charge in [0.25, 0.3) is 0 Å². The molecule has 0 aliphatic heterocycles. The largest absolute Gasteiger partial charge is 0.297 e. The van der Waals surface area contributed by atoms with Gasteiger partial charge in [0.15, 0.2) is 9.84 Å². The van der Waals surface area contributed by atoms with Gasteiger partial charge in [0.05, 0.1) is 11.4 Å². The number of aromatic nitrogens is 3. The summed E-state index contributed by atoms with van der Waals surface area (Å²) in [4.78, 5) is 0.318. The van der Waals surface area contributed by atoms with Gasteiger partial charge in [-0.15, -0.1) is 10.2 Å². The zero-order valence-corrected chi connectivity index (χ0v) is 12.5. The fourth-order valence-corrected chi connectivity index (χ4v) is 2.92. The van der Waals surface area contributed by atoms with Crippen LogP contribution in [0.1, 0.15) is 30.1 Å². The number of hydrogen-bond donors (Lipinski definition) is 0. The third kappa shape index (κ3) is 2.71. The minimum atomic E-state index is -3.16. The molecule has 1 fully saturated rings. The van der Waals surface area contributed by atoms with Crippen LogP contribution < -0.4 is 0 Å². The van der Waals surface area contributed by atoms with Crippen LogP contribution in [-0.4, -0.2) is 29.4 Å². The molecular weight excluding hydrogens is 298 g/mol. The molecule has 0 atom stereocenters. The fraction of sp³-hybridized carbons (Fsp3) is 0.385.